The molecular formula is C8H13NO. The molecule has 0 radical (unpaired) electrons. The maximum absolute atomic E-state index is 5.41. The zero-order chi connectivity index (χ0) is 7.03. The van der Waals surface area contributed by atoms with Gasteiger partial charge in [0.1, 0.15) is 6.61 Å². The second-order valence-electron chi connectivity index (χ2n) is 3.23. The molecular weight excluding hydrogens is 126 g/mol. The number of hydrogen-bond acceptors (Lipinski definition) is 2. The van der Waals surface area contributed by atoms with Gasteiger partial charge < -0.3 is 4.74 Å². The van der Waals surface area contributed by atoms with E-state index in [-0.39, 0.29) is 5.54 Å². The molecule has 0 bridgehead atoms. The Hall–Kier alpha value is -0.530. The van der Waals surface area contributed by atoms with Crippen molar-refractivity contribution in [3.63, 3.8) is 0 Å². The van der Waals surface area contributed by atoms with Crippen molar-refractivity contribution in [3.8, 4) is 0 Å². The van der Waals surface area contributed by atoms with E-state index >= 15 is 0 Å². The number of rotatable bonds is 1. The number of aliphatic imine (C=N–C) groups is 1. The minimum Gasteiger partial charge on any atom is -0.478 e. The maximum Gasteiger partial charge on any atom is 0.183 e. The van der Waals surface area contributed by atoms with E-state index < -0.39 is 0 Å². The van der Waals surface area contributed by atoms with E-state index in [9.17, 15) is 0 Å². The number of ether oxygens (including phenoxy) is 1. The highest BCUT2D eigenvalue weighted by Gasteiger charge is 2.41. The molecule has 1 heterocycles. The Morgan fingerprint density at radius 1 is 1.60 bits per heavy atom. The van der Waals surface area contributed by atoms with Crippen LogP contribution in [-0.4, -0.2) is 18.0 Å². The average molecular weight is 139 g/mol. The largest absolute Gasteiger partial charge is 0.478 e. The van der Waals surface area contributed by atoms with Gasteiger partial charge in [-0.15, -0.1) is 0 Å². The first-order valence-electron chi connectivity index (χ1n) is 4.06. The standard InChI is InChI=1S/C8H13NO/c1-2-7-9-8(6-10-7)4-3-5-8/h2-6H2,1H3. The van der Waals surface area contributed by atoms with Gasteiger partial charge in [-0.2, -0.15) is 0 Å². The molecule has 0 unspecified atom stereocenters. The predicted octanol–water partition coefficient (Wildman–Crippen LogP) is 1.75. The van der Waals surface area contributed by atoms with Crippen LogP contribution in [0, 0.1) is 0 Å². The molecule has 10 heavy (non-hydrogen) atoms. The van der Waals surface area contributed by atoms with Crippen molar-refractivity contribution >= 4 is 5.90 Å². The van der Waals surface area contributed by atoms with Crippen LogP contribution in [0.15, 0.2) is 4.99 Å². The third-order valence-corrected chi connectivity index (χ3v) is 2.46. The zero-order valence-corrected chi connectivity index (χ0v) is 6.39. The van der Waals surface area contributed by atoms with Crippen molar-refractivity contribution in [2.24, 2.45) is 4.99 Å². The van der Waals surface area contributed by atoms with Crippen LogP contribution in [0.2, 0.25) is 0 Å². The van der Waals surface area contributed by atoms with Crippen LogP contribution in [0.3, 0.4) is 0 Å². The topological polar surface area (TPSA) is 21.6 Å². The second-order valence-corrected chi connectivity index (χ2v) is 3.23. The van der Waals surface area contributed by atoms with Crippen LogP contribution < -0.4 is 0 Å². The normalized spacial score (nSPS) is 27.5. The molecule has 0 N–H and O–H groups in total. The highest BCUT2D eigenvalue weighted by molar-refractivity contribution is 5.78. The van der Waals surface area contributed by atoms with Crippen LogP contribution in [-0.2, 0) is 4.74 Å². The van der Waals surface area contributed by atoms with Crippen LogP contribution in [0.4, 0.5) is 0 Å². The van der Waals surface area contributed by atoms with Crippen molar-refractivity contribution in [1.29, 1.82) is 0 Å². The number of hydrogen-bond donors (Lipinski definition) is 0. The lowest BCUT2D eigenvalue weighted by Gasteiger charge is -2.32. The Bertz CT molecular complexity index is 170. The molecule has 0 saturated heterocycles. The van der Waals surface area contributed by atoms with Crippen molar-refractivity contribution in [2.75, 3.05) is 6.61 Å². The van der Waals surface area contributed by atoms with Gasteiger partial charge in [-0.3, -0.25) is 0 Å². The summed E-state index contributed by atoms with van der Waals surface area (Å²) in [6, 6.07) is 0. The molecule has 0 aromatic heterocycles. The van der Waals surface area contributed by atoms with E-state index in [1.165, 1.54) is 19.3 Å². The second kappa shape index (κ2) is 1.97. The van der Waals surface area contributed by atoms with Gasteiger partial charge >= 0.3 is 0 Å². The van der Waals surface area contributed by atoms with Crippen molar-refractivity contribution < 1.29 is 4.74 Å². The molecule has 1 fully saturated rings. The lowest BCUT2D eigenvalue weighted by atomic mass is 9.78. The highest BCUT2D eigenvalue weighted by Crippen LogP contribution is 2.39. The molecule has 1 saturated carbocycles. The summed E-state index contributed by atoms with van der Waals surface area (Å²) in [5.74, 6) is 0.972. The van der Waals surface area contributed by atoms with Crippen LogP contribution >= 0.6 is 0 Å². The lowest BCUT2D eigenvalue weighted by molar-refractivity contribution is 0.174. The van der Waals surface area contributed by atoms with Crippen LogP contribution in [0.5, 0.6) is 0 Å². The molecule has 56 valence electrons. The SMILES string of the molecule is CCC1=NC2(CCC2)CO1. The number of nitrogens with zero attached hydrogens (tertiary/aromatic N) is 1. The molecule has 1 spiro atoms. The van der Waals surface area contributed by atoms with Gasteiger partial charge in [0.15, 0.2) is 5.90 Å². The maximum atomic E-state index is 5.41. The fraction of sp³-hybridized carbons (Fsp3) is 0.875. The molecule has 2 heteroatoms. The molecule has 1 aliphatic carbocycles. The minimum absolute atomic E-state index is 0.255. The Kier molecular flexibility index (Phi) is 1.22. The summed E-state index contributed by atoms with van der Waals surface area (Å²) < 4.78 is 5.41. The summed E-state index contributed by atoms with van der Waals surface area (Å²) >= 11 is 0. The van der Waals surface area contributed by atoms with Gasteiger partial charge in [0.2, 0.25) is 0 Å². The Morgan fingerprint density at radius 2 is 2.40 bits per heavy atom. The summed E-state index contributed by atoms with van der Waals surface area (Å²) in [4.78, 5) is 4.54. The summed E-state index contributed by atoms with van der Waals surface area (Å²) in [5.41, 5.74) is 0.255. The predicted molar refractivity (Wildman–Crippen MR) is 40.3 cm³/mol. The van der Waals surface area contributed by atoms with Crippen LogP contribution in [0.25, 0.3) is 0 Å². The first kappa shape index (κ1) is 6.20. The van der Waals surface area contributed by atoms with Gasteiger partial charge in [-0.25, -0.2) is 4.99 Å². The molecule has 0 atom stereocenters. The van der Waals surface area contributed by atoms with E-state index in [1.807, 2.05) is 0 Å². The van der Waals surface area contributed by atoms with E-state index in [0.29, 0.717) is 0 Å². The van der Waals surface area contributed by atoms with Gasteiger partial charge in [-0.1, -0.05) is 6.92 Å². The molecule has 1 aliphatic heterocycles. The minimum atomic E-state index is 0.255. The summed E-state index contributed by atoms with van der Waals surface area (Å²) in [6.45, 7) is 2.95. The fourth-order valence-corrected chi connectivity index (χ4v) is 1.57. The Labute approximate surface area is 61.3 Å². The summed E-state index contributed by atoms with van der Waals surface area (Å²) in [7, 11) is 0. The Balaban J connectivity index is 2.08. The molecule has 0 aromatic carbocycles. The zero-order valence-electron chi connectivity index (χ0n) is 6.39. The van der Waals surface area contributed by atoms with E-state index in [2.05, 4.69) is 11.9 Å². The van der Waals surface area contributed by atoms with Gasteiger partial charge in [0, 0.05) is 6.42 Å². The quantitative estimate of drug-likeness (QED) is 0.542. The first-order chi connectivity index (χ1) is 4.85. The lowest BCUT2D eigenvalue weighted by Crippen LogP contribution is -2.36. The van der Waals surface area contributed by atoms with Crippen LogP contribution in [0.1, 0.15) is 32.6 Å². The average Bonchev–Trinajstić information content (AvgIpc) is 2.29. The van der Waals surface area contributed by atoms with Gasteiger partial charge in [0.25, 0.3) is 0 Å². The third-order valence-electron chi connectivity index (χ3n) is 2.46. The molecule has 2 rings (SSSR count). The molecule has 0 amide bonds. The first-order valence-corrected chi connectivity index (χ1v) is 4.06. The van der Waals surface area contributed by atoms with Crippen molar-refractivity contribution in [2.45, 2.75) is 38.1 Å². The fourth-order valence-electron chi connectivity index (χ4n) is 1.57. The van der Waals surface area contributed by atoms with E-state index in [0.717, 1.165) is 18.9 Å². The van der Waals surface area contributed by atoms with E-state index in [4.69, 9.17) is 4.74 Å². The highest BCUT2D eigenvalue weighted by atomic mass is 16.5. The Morgan fingerprint density at radius 3 is 2.70 bits per heavy atom. The summed E-state index contributed by atoms with van der Waals surface area (Å²) in [6.07, 6.45) is 4.79. The molecule has 2 nitrogen and oxygen atoms in total. The van der Waals surface area contributed by atoms with Gasteiger partial charge in [-0.05, 0) is 19.3 Å². The molecule has 2 aliphatic rings. The van der Waals surface area contributed by atoms with Crippen molar-refractivity contribution in [1.82, 2.24) is 0 Å². The van der Waals surface area contributed by atoms with E-state index in [1.54, 1.807) is 0 Å². The summed E-state index contributed by atoms with van der Waals surface area (Å²) in [5, 5.41) is 0. The van der Waals surface area contributed by atoms with Gasteiger partial charge in [0.05, 0.1) is 5.54 Å². The van der Waals surface area contributed by atoms with Crippen molar-refractivity contribution in [3.05, 3.63) is 0 Å². The molecule has 0 aromatic rings. The smallest absolute Gasteiger partial charge is 0.183 e. The third kappa shape index (κ3) is 0.746. The monoisotopic (exact) mass is 139 g/mol.